The van der Waals surface area contributed by atoms with Crippen LogP contribution in [0.1, 0.15) is 5.56 Å². The van der Waals surface area contributed by atoms with Gasteiger partial charge in [-0.25, -0.2) is 5.01 Å². The number of methoxy groups -OCH3 is 1. The van der Waals surface area contributed by atoms with E-state index in [-0.39, 0.29) is 12.2 Å². The molecule has 1 aliphatic heterocycles. The number of nitrogens with one attached hydrogen (secondary N) is 1. The summed E-state index contributed by atoms with van der Waals surface area (Å²) < 4.78 is 11.5. The highest BCUT2D eigenvalue weighted by atomic mass is 79.9. The maximum atomic E-state index is 12.7. The summed E-state index contributed by atoms with van der Waals surface area (Å²) in [5.74, 6) is 2.40. The first kappa shape index (κ1) is 18.5. The molecule has 7 heteroatoms. The highest BCUT2D eigenvalue weighted by molar-refractivity contribution is 9.10. The largest absolute Gasteiger partial charge is 0.493 e. The predicted molar refractivity (Wildman–Crippen MR) is 105 cm³/mol. The van der Waals surface area contributed by atoms with E-state index >= 15 is 0 Å². The first-order valence-electron chi connectivity index (χ1n) is 7.90. The predicted octanol–water partition coefficient (Wildman–Crippen LogP) is 2.93. The first-order chi connectivity index (χ1) is 13.0. The van der Waals surface area contributed by atoms with Crippen LogP contribution in [0.2, 0.25) is 0 Å². The highest BCUT2D eigenvalue weighted by Crippen LogP contribution is 2.30. The molecule has 6 nitrogen and oxygen atoms in total. The molecule has 2 aromatic rings. The van der Waals surface area contributed by atoms with Crippen LogP contribution in [-0.2, 0) is 9.59 Å². The molecular formula is C20H15BrN2O4. The van der Waals surface area contributed by atoms with Crippen LogP contribution in [-0.4, -0.2) is 25.5 Å². The van der Waals surface area contributed by atoms with Crippen LogP contribution in [0.3, 0.4) is 0 Å². The van der Waals surface area contributed by atoms with Crippen molar-refractivity contribution in [3.63, 3.8) is 0 Å². The molecule has 0 bridgehead atoms. The molecule has 2 aromatic carbocycles. The van der Waals surface area contributed by atoms with Crippen molar-refractivity contribution in [3.05, 3.63) is 58.1 Å². The fraction of sp³-hybridized carbons (Fsp3) is 0.100. The van der Waals surface area contributed by atoms with Gasteiger partial charge in [0.15, 0.2) is 11.5 Å². The highest BCUT2D eigenvalue weighted by Gasteiger charge is 2.34. The second-order valence-corrected chi connectivity index (χ2v) is 6.43. The van der Waals surface area contributed by atoms with E-state index in [1.165, 1.54) is 18.2 Å². The summed E-state index contributed by atoms with van der Waals surface area (Å²) in [7, 11) is 1.50. The lowest BCUT2D eigenvalue weighted by Crippen LogP contribution is -2.35. The molecule has 1 aliphatic rings. The zero-order chi connectivity index (χ0) is 19.4. The third kappa shape index (κ3) is 3.96. The fourth-order valence-corrected chi connectivity index (χ4v) is 2.77. The number of carbonyl (C=O) groups is 2. The molecule has 0 spiro atoms. The summed E-state index contributed by atoms with van der Waals surface area (Å²) in [6, 6.07) is 12.1. The second kappa shape index (κ2) is 7.98. The monoisotopic (exact) mass is 426 g/mol. The number of carbonyl (C=O) groups excluding carboxylic acids is 2. The Morgan fingerprint density at radius 2 is 1.93 bits per heavy atom. The van der Waals surface area contributed by atoms with Crippen LogP contribution >= 0.6 is 15.9 Å². The third-order valence-electron chi connectivity index (χ3n) is 3.79. The zero-order valence-electron chi connectivity index (χ0n) is 14.4. The average molecular weight is 427 g/mol. The summed E-state index contributed by atoms with van der Waals surface area (Å²) in [6.45, 7) is 0.111. The van der Waals surface area contributed by atoms with Crippen molar-refractivity contribution in [2.24, 2.45) is 0 Å². The molecule has 0 radical (unpaired) electrons. The van der Waals surface area contributed by atoms with Gasteiger partial charge in [-0.15, -0.1) is 6.42 Å². The Morgan fingerprint density at radius 3 is 2.59 bits per heavy atom. The van der Waals surface area contributed by atoms with Gasteiger partial charge in [0.1, 0.15) is 12.2 Å². The van der Waals surface area contributed by atoms with E-state index in [9.17, 15) is 9.59 Å². The molecule has 0 saturated carbocycles. The van der Waals surface area contributed by atoms with Crippen molar-refractivity contribution in [1.82, 2.24) is 5.43 Å². The van der Waals surface area contributed by atoms with Crippen molar-refractivity contribution >= 4 is 39.5 Å². The Balaban J connectivity index is 1.88. The van der Waals surface area contributed by atoms with E-state index in [0.717, 1.165) is 4.47 Å². The Kier molecular flexibility index (Phi) is 5.48. The molecule has 1 fully saturated rings. The summed E-state index contributed by atoms with van der Waals surface area (Å²) in [6.07, 6.45) is 6.70. The lowest BCUT2D eigenvalue weighted by molar-refractivity contribution is -0.117. The summed E-state index contributed by atoms with van der Waals surface area (Å²) in [5.41, 5.74) is 3.77. The van der Waals surface area contributed by atoms with Gasteiger partial charge in [0.05, 0.1) is 12.8 Å². The summed E-state index contributed by atoms with van der Waals surface area (Å²) in [4.78, 5) is 24.9. The van der Waals surface area contributed by atoms with E-state index in [4.69, 9.17) is 15.9 Å². The van der Waals surface area contributed by atoms with Gasteiger partial charge in [0.25, 0.3) is 11.8 Å². The summed E-state index contributed by atoms with van der Waals surface area (Å²) in [5, 5.41) is 1.21. The van der Waals surface area contributed by atoms with Gasteiger partial charge in [-0.05, 0) is 48.0 Å². The van der Waals surface area contributed by atoms with Gasteiger partial charge in [0.2, 0.25) is 0 Å². The van der Waals surface area contributed by atoms with Crippen LogP contribution in [0.15, 0.2) is 52.5 Å². The maximum absolute atomic E-state index is 12.7. The SMILES string of the molecule is C#CCOc1ccc(C=C2C(=O)NN(c3ccc(Br)cc3)C2=O)cc1OC. The molecule has 136 valence electrons. The molecule has 1 saturated heterocycles. The van der Waals surface area contributed by atoms with Crippen molar-refractivity contribution < 1.29 is 19.1 Å². The molecule has 1 heterocycles. The topological polar surface area (TPSA) is 67.9 Å². The summed E-state index contributed by atoms with van der Waals surface area (Å²) >= 11 is 3.34. The number of halogens is 1. The Hall–Kier alpha value is -3.24. The quantitative estimate of drug-likeness (QED) is 0.453. The van der Waals surface area contributed by atoms with E-state index in [1.54, 1.807) is 42.5 Å². The molecule has 0 aromatic heterocycles. The van der Waals surface area contributed by atoms with Crippen molar-refractivity contribution in [1.29, 1.82) is 0 Å². The van der Waals surface area contributed by atoms with Crippen molar-refractivity contribution in [2.45, 2.75) is 0 Å². The molecule has 3 rings (SSSR count). The lowest BCUT2D eigenvalue weighted by atomic mass is 10.1. The smallest absolute Gasteiger partial charge is 0.282 e. The third-order valence-corrected chi connectivity index (χ3v) is 4.31. The normalized spacial score (nSPS) is 14.9. The Morgan fingerprint density at radius 1 is 1.19 bits per heavy atom. The van der Waals surface area contributed by atoms with Crippen LogP contribution in [0.5, 0.6) is 11.5 Å². The molecule has 0 unspecified atom stereocenters. The second-order valence-electron chi connectivity index (χ2n) is 5.52. The van der Waals surface area contributed by atoms with E-state index in [0.29, 0.717) is 22.7 Å². The number of nitrogens with zero attached hydrogens (tertiary/aromatic N) is 1. The molecular weight excluding hydrogens is 412 g/mol. The number of benzene rings is 2. The van der Waals surface area contributed by atoms with Gasteiger partial charge >= 0.3 is 0 Å². The van der Waals surface area contributed by atoms with Crippen LogP contribution < -0.4 is 19.9 Å². The molecule has 2 amide bonds. The van der Waals surface area contributed by atoms with Crippen molar-refractivity contribution in [3.8, 4) is 23.8 Å². The van der Waals surface area contributed by atoms with Gasteiger partial charge in [-0.1, -0.05) is 27.9 Å². The number of hydrogen-bond donors (Lipinski definition) is 1. The Labute approximate surface area is 164 Å². The fourth-order valence-electron chi connectivity index (χ4n) is 2.51. The number of hydrazine groups is 1. The zero-order valence-corrected chi connectivity index (χ0v) is 15.9. The minimum absolute atomic E-state index is 0.0252. The number of amides is 2. The van der Waals surface area contributed by atoms with Gasteiger partial charge in [-0.2, -0.15) is 0 Å². The molecule has 27 heavy (non-hydrogen) atoms. The number of rotatable bonds is 5. The van der Waals surface area contributed by atoms with Gasteiger partial charge in [0, 0.05) is 4.47 Å². The lowest BCUT2D eigenvalue weighted by Gasteiger charge is -2.14. The van der Waals surface area contributed by atoms with Gasteiger partial charge in [-0.3, -0.25) is 15.0 Å². The molecule has 0 aliphatic carbocycles. The van der Waals surface area contributed by atoms with Crippen LogP contribution in [0.25, 0.3) is 6.08 Å². The van der Waals surface area contributed by atoms with Crippen LogP contribution in [0, 0.1) is 12.3 Å². The average Bonchev–Trinajstić information content (AvgIpc) is 2.95. The number of terminal acetylenes is 1. The number of ether oxygens (including phenoxy) is 2. The van der Waals surface area contributed by atoms with E-state index < -0.39 is 11.8 Å². The maximum Gasteiger partial charge on any atom is 0.282 e. The van der Waals surface area contributed by atoms with E-state index in [2.05, 4.69) is 27.3 Å². The number of hydrogen-bond acceptors (Lipinski definition) is 4. The standard InChI is InChI=1S/C20H15BrN2O4/c1-3-10-27-17-9-4-13(12-18(17)26-2)11-16-19(24)22-23(20(16)25)15-7-5-14(21)6-8-15/h1,4-9,11-12H,10H2,2H3,(H,22,24). The van der Waals surface area contributed by atoms with Gasteiger partial charge < -0.3 is 9.47 Å². The number of anilines is 1. The first-order valence-corrected chi connectivity index (χ1v) is 8.70. The molecule has 0 atom stereocenters. The Bertz CT molecular complexity index is 961. The minimum atomic E-state index is -0.477. The minimum Gasteiger partial charge on any atom is -0.493 e. The van der Waals surface area contributed by atoms with E-state index in [1.807, 2.05) is 0 Å². The van der Waals surface area contributed by atoms with Crippen molar-refractivity contribution in [2.75, 3.05) is 18.7 Å². The van der Waals surface area contributed by atoms with Crippen LogP contribution in [0.4, 0.5) is 5.69 Å². The molecule has 1 N–H and O–H groups in total.